The van der Waals surface area contributed by atoms with Crippen LogP contribution >= 0.6 is 0 Å². The summed E-state index contributed by atoms with van der Waals surface area (Å²) in [6.45, 7) is 2.83. The predicted octanol–water partition coefficient (Wildman–Crippen LogP) is 5.21. The zero-order valence-electron chi connectivity index (χ0n) is 17.3. The fraction of sp³-hybridized carbons (Fsp3) is 0.360. The summed E-state index contributed by atoms with van der Waals surface area (Å²) >= 11 is 0. The lowest BCUT2D eigenvalue weighted by Crippen LogP contribution is -2.56. The van der Waals surface area contributed by atoms with Crippen LogP contribution in [0.2, 0.25) is 0 Å². The zero-order valence-corrected chi connectivity index (χ0v) is 17.3. The van der Waals surface area contributed by atoms with Gasteiger partial charge in [0.2, 0.25) is 0 Å². The van der Waals surface area contributed by atoms with Crippen LogP contribution in [0, 0.1) is 6.42 Å². The van der Waals surface area contributed by atoms with Gasteiger partial charge in [0, 0.05) is 42.4 Å². The maximum atomic E-state index is 13.0. The first-order chi connectivity index (χ1) is 14.8. The Morgan fingerprint density at radius 3 is 2.57 bits per heavy atom. The maximum absolute atomic E-state index is 13.0. The van der Waals surface area contributed by atoms with Crippen LogP contribution in [-0.2, 0) is 0 Å². The van der Waals surface area contributed by atoms with Crippen molar-refractivity contribution in [2.24, 2.45) is 0 Å². The summed E-state index contributed by atoms with van der Waals surface area (Å²) in [7, 11) is 0. The number of aromatic amines is 1. The van der Waals surface area contributed by atoms with E-state index in [1.807, 2.05) is 35.2 Å². The summed E-state index contributed by atoms with van der Waals surface area (Å²) in [6, 6.07) is 18.3. The van der Waals surface area contributed by atoms with E-state index in [-0.39, 0.29) is 12.2 Å². The van der Waals surface area contributed by atoms with Crippen LogP contribution in [0.5, 0.6) is 0 Å². The molecular weight excluding hydrogens is 372 g/mol. The highest BCUT2D eigenvalue weighted by Crippen LogP contribution is 2.35. The summed E-state index contributed by atoms with van der Waals surface area (Å²) in [6.07, 6.45) is 8.86. The molecule has 1 aromatic heterocycles. The average molecular weight is 402 g/mol. The fourth-order valence-corrected chi connectivity index (χ4v) is 5.01. The van der Waals surface area contributed by atoms with Gasteiger partial charge in [0.05, 0.1) is 6.17 Å². The van der Waals surface area contributed by atoms with Gasteiger partial charge < -0.3 is 15.2 Å². The molecule has 5 nitrogen and oxygen atoms in total. The smallest absolute Gasteiger partial charge is 0.323 e. The van der Waals surface area contributed by atoms with E-state index in [2.05, 4.69) is 52.1 Å². The number of fused-ring (bicyclic) bond motifs is 1. The molecule has 2 aliphatic heterocycles. The Hall–Kier alpha value is -2.79. The Labute approximate surface area is 178 Å². The molecular formula is C25H29N4O. The molecule has 30 heavy (non-hydrogen) atoms. The molecule has 2 N–H and O–H groups in total. The molecule has 0 saturated carbocycles. The van der Waals surface area contributed by atoms with Gasteiger partial charge in [-0.1, -0.05) is 36.4 Å². The highest BCUT2D eigenvalue weighted by atomic mass is 16.2. The third-order valence-electron chi connectivity index (χ3n) is 6.61. The molecule has 0 bridgehead atoms. The van der Waals surface area contributed by atoms with Crippen molar-refractivity contribution >= 4 is 22.6 Å². The third kappa shape index (κ3) is 3.82. The molecule has 3 heterocycles. The summed E-state index contributed by atoms with van der Waals surface area (Å²) in [4.78, 5) is 20.9. The SMILES string of the molecule is O=C(Nc1ccccc1)N1CC[CH]CC1N1CCC(c2c[nH]c3ccccc23)CC1. The van der Waals surface area contributed by atoms with Gasteiger partial charge in [-0.2, -0.15) is 0 Å². The number of anilines is 1. The number of nitrogens with one attached hydrogen (secondary N) is 2. The Morgan fingerprint density at radius 1 is 0.967 bits per heavy atom. The number of piperidine rings is 2. The molecule has 5 rings (SSSR count). The minimum absolute atomic E-state index is 0.0121. The van der Waals surface area contributed by atoms with Crippen LogP contribution in [0.3, 0.4) is 0 Å². The lowest BCUT2D eigenvalue weighted by molar-refractivity contribution is 0.0394. The van der Waals surface area contributed by atoms with Crippen molar-refractivity contribution in [3.05, 3.63) is 72.8 Å². The summed E-state index contributed by atoms with van der Waals surface area (Å²) < 4.78 is 0. The number of amides is 2. The van der Waals surface area contributed by atoms with Gasteiger partial charge in [-0.25, -0.2) is 4.79 Å². The molecule has 1 unspecified atom stereocenters. The molecule has 1 radical (unpaired) electrons. The predicted molar refractivity (Wildman–Crippen MR) is 121 cm³/mol. The highest BCUT2D eigenvalue weighted by molar-refractivity contribution is 5.89. The van der Waals surface area contributed by atoms with Gasteiger partial charge in [0.1, 0.15) is 0 Å². The van der Waals surface area contributed by atoms with Crippen LogP contribution in [0.15, 0.2) is 60.8 Å². The molecule has 2 fully saturated rings. The number of benzene rings is 2. The largest absolute Gasteiger partial charge is 0.361 e. The standard InChI is InChI=1S/C25H29N4O/c30-25(27-20-8-2-1-3-9-20)29-15-7-6-12-24(29)28-16-13-19(14-17-28)22-18-26-23-11-5-4-10-21(22)23/h1-6,8-11,18-19,24,26H,7,12-17H2,(H,27,30). The number of H-pyrrole nitrogens is 1. The molecule has 2 saturated heterocycles. The summed E-state index contributed by atoms with van der Waals surface area (Å²) in [5, 5.41) is 4.43. The number of para-hydroxylation sites is 2. The van der Waals surface area contributed by atoms with E-state index >= 15 is 0 Å². The third-order valence-corrected chi connectivity index (χ3v) is 6.61. The highest BCUT2D eigenvalue weighted by Gasteiger charge is 2.34. The Kier molecular flexibility index (Phi) is 5.45. The Morgan fingerprint density at radius 2 is 1.73 bits per heavy atom. The monoisotopic (exact) mass is 401 g/mol. The number of urea groups is 1. The van der Waals surface area contributed by atoms with E-state index in [9.17, 15) is 4.79 Å². The first-order valence-corrected chi connectivity index (χ1v) is 11.0. The number of hydrogen-bond donors (Lipinski definition) is 2. The molecule has 2 amide bonds. The molecule has 5 heteroatoms. The van der Waals surface area contributed by atoms with Gasteiger partial charge in [0.25, 0.3) is 0 Å². The first-order valence-electron chi connectivity index (χ1n) is 11.0. The van der Waals surface area contributed by atoms with Crippen LogP contribution in [-0.4, -0.2) is 46.6 Å². The van der Waals surface area contributed by atoms with E-state index in [0.29, 0.717) is 5.92 Å². The number of carbonyl (C=O) groups is 1. The van der Waals surface area contributed by atoms with E-state index in [4.69, 9.17) is 0 Å². The van der Waals surface area contributed by atoms with Gasteiger partial charge in [-0.05, 0) is 61.8 Å². The topological polar surface area (TPSA) is 51.4 Å². The van der Waals surface area contributed by atoms with Crippen molar-refractivity contribution < 1.29 is 4.79 Å². The lowest BCUT2D eigenvalue weighted by Gasteiger charge is -2.45. The van der Waals surface area contributed by atoms with Crippen LogP contribution in [0.1, 0.15) is 37.2 Å². The van der Waals surface area contributed by atoms with Crippen molar-refractivity contribution in [2.45, 2.75) is 37.8 Å². The number of rotatable bonds is 3. The second-order valence-electron chi connectivity index (χ2n) is 8.38. The van der Waals surface area contributed by atoms with Crippen molar-refractivity contribution in [3.8, 4) is 0 Å². The summed E-state index contributed by atoms with van der Waals surface area (Å²) in [5.41, 5.74) is 3.52. The molecule has 0 aliphatic carbocycles. The molecule has 1 atom stereocenters. The summed E-state index contributed by atoms with van der Waals surface area (Å²) in [5.74, 6) is 0.580. The molecule has 2 aliphatic rings. The minimum atomic E-state index is 0.0121. The van der Waals surface area contributed by atoms with Gasteiger partial charge in [-0.3, -0.25) is 4.90 Å². The molecule has 3 aromatic rings. The van der Waals surface area contributed by atoms with Crippen LogP contribution < -0.4 is 5.32 Å². The van der Waals surface area contributed by atoms with Gasteiger partial charge in [-0.15, -0.1) is 0 Å². The van der Waals surface area contributed by atoms with Crippen molar-refractivity contribution in [1.82, 2.24) is 14.8 Å². The number of hydrogen-bond acceptors (Lipinski definition) is 2. The maximum Gasteiger partial charge on any atom is 0.323 e. The molecule has 2 aromatic carbocycles. The van der Waals surface area contributed by atoms with E-state index in [1.165, 1.54) is 16.5 Å². The van der Waals surface area contributed by atoms with E-state index in [1.54, 1.807) is 0 Å². The van der Waals surface area contributed by atoms with Crippen molar-refractivity contribution in [1.29, 1.82) is 0 Å². The minimum Gasteiger partial charge on any atom is -0.361 e. The number of aromatic nitrogens is 1. The van der Waals surface area contributed by atoms with Crippen molar-refractivity contribution in [2.75, 3.05) is 25.0 Å². The number of nitrogens with zero attached hydrogens (tertiary/aromatic N) is 2. The first kappa shape index (κ1) is 19.2. The van der Waals surface area contributed by atoms with Crippen LogP contribution in [0.25, 0.3) is 10.9 Å². The van der Waals surface area contributed by atoms with E-state index in [0.717, 1.165) is 51.0 Å². The van der Waals surface area contributed by atoms with E-state index < -0.39 is 0 Å². The Bertz CT molecular complexity index is 991. The molecule has 155 valence electrons. The fourth-order valence-electron chi connectivity index (χ4n) is 5.01. The average Bonchev–Trinajstić information content (AvgIpc) is 3.24. The van der Waals surface area contributed by atoms with Crippen molar-refractivity contribution in [3.63, 3.8) is 0 Å². The molecule has 0 spiro atoms. The van der Waals surface area contributed by atoms with Crippen LogP contribution in [0.4, 0.5) is 10.5 Å². The zero-order chi connectivity index (χ0) is 20.3. The van der Waals surface area contributed by atoms with Gasteiger partial charge in [0.15, 0.2) is 0 Å². The second kappa shape index (κ2) is 8.52. The van der Waals surface area contributed by atoms with Gasteiger partial charge >= 0.3 is 6.03 Å². The second-order valence-corrected chi connectivity index (χ2v) is 8.38. The Balaban J connectivity index is 1.25. The quantitative estimate of drug-likeness (QED) is 0.633. The normalized spacial score (nSPS) is 21.1. The lowest BCUT2D eigenvalue weighted by atomic mass is 9.88. The number of likely N-dealkylation sites (tertiary alicyclic amines) is 2. The number of carbonyl (C=O) groups excluding carboxylic acids is 1.